The Labute approximate surface area is 112 Å². The largest absolute Gasteiger partial charge is 0.461 e. The van der Waals surface area contributed by atoms with Crippen molar-refractivity contribution in [1.29, 1.82) is 0 Å². The molecule has 0 radical (unpaired) electrons. The Bertz CT molecular complexity index is 674. The van der Waals surface area contributed by atoms with E-state index < -0.39 is 0 Å². The van der Waals surface area contributed by atoms with Crippen molar-refractivity contribution in [1.82, 2.24) is 10.3 Å². The fourth-order valence-electron chi connectivity index (χ4n) is 2.26. The molecule has 1 N–H and O–H groups in total. The van der Waals surface area contributed by atoms with Gasteiger partial charge in [-0.15, -0.1) is 0 Å². The molecule has 0 amide bonds. The number of fused-ring (bicyclic) bond motifs is 1. The minimum Gasteiger partial charge on any atom is -0.461 e. The summed E-state index contributed by atoms with van der Waals surface area (Å²) in [5.74, 6) is 0.981. The second-order valence-electron chi connectivity index (χ2n) is 4.56. The molecule has 0 aliphatic carbocycles. The van der Waals surface area contributed by atoms with Crippen molar-refractivity contribution in [3.05, 3.63) is 65.7 Å². The van der Waals surface area contributed by atoms with Gasteiger partial charge in [0.05, 0.1) is 5.69 Å². The number of benzene rings is 1. The predicted molar refractivity (Wildman–Crippen MR) is 75.7 cm³/mol. The summed E-state index contributed by atoms with van der Waals surface area (Å²) in [6.45, 7) is 3.57. The first kappa shape index (κ1) is 11.9. The highest BCUT2D eigenvalue weighted by molar-refractivity contribution is 5.82. The maximum atomic E-state index is 5.75. The highest BCUT2D eigenvalue weighted by Gasteiger charge is 2.09. The number of nitrogens with zero attached hydrogens (tertiary/aromatic N) is 1. The summed E-state index contributed by atoms with van der Waals surface area (Å²) in [6, 6.07) is 14.1. The van der Waals surface area contributed by atoms with E-state index in [9.17, 15) is 0 Å². The molecule has 3 aromatic rings. The molecule has 2 aromatic heterocycles. The quantitative estimate of drug-likeness (QED) is 0.773. The van der Waals surface area contributed by atoms with Gasteiger partial charge < -0.3 is 9.73 Å². The molecule has 0 saturated heterocycles. The highest BCUT2D eigenvalue weighted by Crippen LogP contribution is 2.24. The molecule has 0 bridgehead atoms. The molecule has 0 fully saturated rings. The number of hydrogen-bond donors (Lipinski definition) is 1. The van der Waals surface area contributed by atoms with Crippen LogP contribution in [0.1, 0.15) is 17.0 Å². The number of aromatic nitrogens is 1. The van der Waals surface area contributed by atoms with Crippen LogP contribution in [-0.2, 0) is 13.1 Å². The molecule has 3 rings (SSSR count). The summed E-state index contributed by atoms with van der Waals surface area (Å²) in [6.07, 6.45) is 1.81. The molecular weight excluding hydrogens is 236 g/mol. The van der Waals surface area contributed by atoms with Gasteiger partial charge >= 0.3 is 0 Å². The van der Waals surface area contributed by atoms with Crippen molar-refractivity contribution < 1.29 is 4.42 Å². The average molecular weight is 252 g/mol. The third-order valence-corrected chi connectivity index (χ3v) is 3.23. The number of para-hydroxylation sites is 1. The van der Waals surface area contributed by atoms with Gasteiger partial charge in [-0.2, -0.15) is 0 Å². The van der Waals surface area contributed by atoms with Gasteiger partial charge in [0.25, 0.3) is 0 Å². The van der Waals surface area contributed by atoms with E-state index in [2.05, 4.69) is 16.4 Å². The second-order valence-corrected chi connectivity index (χ2v) is 4.56. The predicted octanol–water partition coefficient (Wildman–Crippen LogP) is 3.43. The normalized spacial score (nSPS) is 11.0. The van der Waals surface area contributed by atoms with Crippen molar-refractivity contribution in [2.75, 3.05) is 0 Å². The van der Waals surface area contributed by atoms with E-state index in [1.807, 2.05) is 49.5 Å². The van der Waals surface area contributed by atoms with Crippen LogP contribution in [0.4, 0.5) is 0 Å². The van der Waals surface area contributed by atoms with Crippen molar-refractivity contribution in [2.45, 2.75) is 20.0 Å². The Morgan fingerprint density at radius 1 is 1.05 bits per heavy atom. The molecule has 1 aromatic carbocycles. The third-order valence-electron chi connectivity index (χ3n) is 3.23. The lowest BCUT2D eigenvalue weighted by Crippen LogP contribution is -2.13. The minimum atomic E-state index is 0.764. The smallest absolute Gasteiger partial charge is 0.134 e. The lowest BCUT2D eigenvalue weighted by atomic mass is 10.1. The fraction of sp³-hybridized carbons (Fsp3) is 0.188. The zero-order chi connectivity index (χ0) is 13.1. The standard InChI is InChI=1S/C16H16N2O/c1-12-15(14-7-2-3-8-16(14)19-12)11-17-10-13-6-4-5-9-18-13/h2-9,17H,10-11H2,1H3. The summed E-state index contributed by atoms with van der Waals surface area (Å²) in [5.41, 5.74) is 3.23. The molecule has 0 aliphatic heterocycles. The van der Waals surface area contributed by atoms with Gasteiger partial charge in [0.2, 0.25) is 0 Å². The summed E-state index contributed by atoms with van der Waals surface area (Å²) in [5, 5.41) is 4.60. The van der Waals surface area contributed by atoms with Crippen LogP contribution in [0, 0.1) is 6.92 Å². The molecule has 19 heavy (non-hydrogen) atoms. The molecule has 0 aliphatic rings. The van der Waals surface area contributed by atoms with Crippen LogP contribution < -0.4 is 5.32 Å². The molecule has 3 heteroatoms. The Kier molecular flexibility index (Phi) is 3.29. The fourth-order valence-corrected chi connectivity index (χ4v) is 2.26. The summed E-state index contributed by atoms with van der Waals surface area (Å²) < 4.78 is 5.75. The maximum Gasteiger partial charge on any atom is 0.134 e. The average Bonchev–Trinajstić information content (AvgIpc) is 2.76. The van der Waals surface area contributed by atoms with Crippen molar-refractivity contribution in [2.24, 2.45) is 0 Å². The van der Waals surface area contributed by atoms with Crippen LogP contribution in [0.2, 0.25) is 0 Å². The first-order valence-electron chi connectivity index (χ1n) is 6.42. The van der Waals surface area contributed by atoms with E-state index >= 15 is 0 Å². The summed E-state index contributed by atoms with van der Waals surface area (Å²) >= 11 is 0. The van der Waals surface area contributed by atoms with E-state index in [0.717, 1.165) is 30.1 Å². The number of hydrogen-bond acceptors (Lipinski definition) is 3. The number of furan rings is 1. The van der Waals surface area contributed by atoms with Crippen molar-refractivity contribution in [3.8, 4) is 0 Å². The van der Waals surface area contributed by atoms with Crippen LogP contribution >= 0.6 is 0 Å². The number of nitrogens with one attached hydrogen (secondary N) is 1. The zero-order valence-corrected chi connectivity index (χ0v) is 10.9. The van der Waals surface area contributed by atoms with Gasteiger partial charge in [-0.25, -0.2) is 0 Å². The van der Waals surface area contributed by atoms with Gasteiger partial charge in [-0.05, 0) is 25.1 Å². The van der Waals surface area contributed by atoms with E-state index in [4.69, 9.17) is 4.42 Å². The highest BCUT2D eigenvalue weighted by atomic mass is 16.3. The Hall–Kier alpha value is -2.13. The summed E-state index contributed by atoms with van der Waals surface area (Å²) in [4.78, 5) is 4.30. The van der Waals surface area contributed by atoms with Crippen molar-refractivity contribution >= 4 is 11.0 Å². The SMILES string of the molecule is Cc1oc2ccccc2c1CNCc1ccccn1. The molecular formula is C16H16N2O. The van der Waals surface area contributed by atoms with Gasteiger partial charge in [-0.3, -0.25) is 4.98 Å². The Morgan fingerprint density at radius 2 is 1.89 bits per heavy atom. The Morgan fingerprint density at radius 3 is 2.74 bits per heavy atom. The molecule has 0 atom stereocenters. The van der Waals surface area contributed by atoms with Crippen molar-refractivity contribution in [3.63, 3.8) is 0 Å². The summed E-state index contributed by atoms with van der Waals surface area (Å²) in [7, 11) is 0. The van der Waals surface area contributed by atoms with E-state index in [-0.39, 0.29) is 0 Å². The lowest BCUT2D eigenvalue weighted by molar-refractivity contribution is 0.564. The van der Waals surface area contributed by atoms with Crippen LogP contribution in [-0.4, -0.2) is 4.98 Å². The monoisotopic (exact) mass is 252 g/mol. The van der Waals surface area contributed by atoms with Crippen LogP contribution in [0.15, 0.2) is 53.1 Å². The first-order valence-corrected chi connectivity index (χ1v) is 6.42. The second kappa shape index (κ2) is 5.24. The molecule has 0 unspecified atom stereocenters. The topological polar surface area (TPSA) is 38.1 Å². The van der Waals surface area contributed by atoms with E-state index in [0.29, 0.717) is 0 Å². The molecule has 0 spiro atoms. The van der Waals surface area contributed by atoms with Gasteiger partial charge in [0.15, 0.2) is 0 Å². The van der Waals surface area contributed by atoms with Crippen LogP contribution in [0.25, 0.3) is 11.0 Å². The Balaban J connectivity index is 1.73. The van der Waals surface area contributed by atoms with Gasteiger partial charge in [0.1, 0.15) is 11.3 Å². The van der Waals surface area contributed by atoms with Gasteiger partial charge in [0, 0.05) is 30.2 Å². The maximum absolute atomic E-state index is 5.75. The number of pyridine rings is 1. The zero-order valence-electron chi connectivity index (χ0n) is 10.9. The number of rotatable bonds is 4. The lowest BCUT2D eigenvalue weighted by Gasteiger charge is -2.04. The van der Waals surface area contributed by atoms with E-state index in [1.165, 1.54) is 10.9 Å². The van der Waals surface area contributed by atoms with E-state index in [1.54, 1.807) is 0 Å². The van der Waals surface area contributed by atoms with Crippen LogP contribution in [0.5, 0.6) is 0 Å². The number of aryl methyl sites for hydroxylation is 1. The third kappa shape index (κ3) is 2.51. The first-order chi connectivity index (χ1) is 9.34. The molecule has 3 nitrogen and oxygen atoms in total. The minimum absolute atomic E-state index is 0.764. The van der Waals surface area contributed by atoms with Gasteiger partial charge in [-0.1, -0.05) is 24.3 Å². The molecule has 2 heterocycles. The van der Waals surface area contributed by atoms with Crippen LogP contribution in [0.3, 0.4) is 0 Å². The molecule has 0 saturated carbocycles. The molecule has 96 valence electrons.